The molecular formula is C15H30N2. The van der Waals surface area contributed by atoms with Crippen LogP contribution in [-0.4, -0.2) is 36.1 Å². The topological polar surface area (TPSA) is 15.3 Å². The Labute approximate surface area is 107 Å². The molecule has 0 bridgehead atoms. The number of likely N-dealkylation sites (tertiary alicyclic amines) is 1. The predicted molar refractivity (Wildman–Crippen MR) is 74.3 cm³/mol. The van der Waals surface area contributed by atoms with Gasteiger partial charge in [-0.15, -0.1) is 0 Å². The summed E-state index contributed by atoms with van der Waals surface area (Å²) in [6.45, 7) is 10.7. The zero-order valence-electron chi connectivity index (χ0n) is 12.0. The second-order valence-electron chi connectivity index (χ2n) is 7.05. The molecule has 1 saturated heterocycles. The Morgan fingerprint density at radius 3 is 2.12 bits per heavy atom. The van der Waals surface area contributed by atoms with Gasteiger partial charge in [-0.05, 0) is 72.0 Å². The van der Waals surface area contributed by atoms with Crippen molar-refractivity contribution in [3.05, 3.63) is 0 Å². The Morgan fingerprint density at radius 1 is 1.00 bits per heavy atom. The van der Waals surface area contributed by atoms with Gasteiger partial charge in [0.1, 0.15) is 0 Å². The van der Waals surface area contributed by atoms with E-state index in [0.29, 0.717) is 0 Å². The molecule has 0 aromatic carbocycles. The van der Waals surface area contributed by atoms with Crippen LogP contribution in [0.2, 0.25) is 0 Å². The highest BCUT2D eigenvalue weighted by Gasteiger charge is 2.27. The first kappa shape index (κ1) is 13.4. The molecule has 0 aromatic heterocycles. The second kappa shape index (κ2) is 5.71. The molecule has 0 amide bonds. The number of piperidine rings is 1. The maximum absolute atomic E-state index is 3.66. The minimum absolute atomic E-state index is 0.280. The highest BCUT2D eigenvalue weighted by molar-refractivity contribution is 4.83. The summed E-state index contributed by atoms with van der Waals surface area (Å²) in [6, 6.07) is 0.937. The van der Waals surface area contributed by atoms with Gasteiger partial charge < -0.3 is 10.2 Å². The lowest BCUT2D eigenvalue weighted by Gasteiger charge is -2.37. The SMILES string of the molecule is CC(C)(C)NCC1CCN(C2CCCC2)CC1. The third-order valence-corrected chi connectivity index (χ3v) is 4.41. The van der Waals surface area contributed by atoms with E-state index in [-0.39, 0.29) is 5.54 Å². The van der Waals surface area contributed by atoms with Gasteiger partial charge in [-0.1, -0.05) is 12.8 Å². The molecule has 2 rings (SSSR count). The monoisotopic (exact) mass is 238 g/mol. The molecule has 0 radical (unpaired) electrons. The van der Waals surface area contributed by atoms with Crippen LogP contribution in [0.5, 0.6) is 0 Å². The molecule has 100 valence electrons. The Morgan fingerprint density at radius 2 is 1.59 bits per heavy atom. The Kier molecular flexibility index (Phi) is 4.48. The van der Waals surface area contributed by atoms with Crippen LogP contribution in [0.15, 0.2) is 0 Å². The molecule has 1 aliphatic carbocycles. The van der Waals surface area contributed by atoms with Gasteiger partial charge in [0.2, 0.25) is 0 Å². The summed E-state index contributed by atoms with van der Waals surface area (Å²) in [6.07, 6.45) is 8.67. The molecule has 1 N–H and O–H groups in total. The van der Waals surface area contributed by atoms with Crippen molar-refractivity contribution in [3.8, 4) is 0 Å². The first-order valence-electron chi connectivity index (χ1n) is 7.54. The number of hydrogen-bond donors (Lipinski definition) is 1. The van der Waals surface area contributed by atoms with Crippen LogP contribution in [0.3, 0.4) is 0 Å². The molecule has 2 fully saturated rings. The third kappa shape index (κ3) is 4.26. The number of hydrogen-bond acceptors (Lipinski definition) is 2. The standard InChI is InChI=1S/C15H30N2/c1-15(2,3)16-12-13-8-10-17(11-9-13)14-6-4-5-7-14/h13-14,16H,4-12H2,1-3H3. The molecule has 1 aliphatic heterocycles. The normalized spacial score (nSPS) is 25.6. The van der Waals surface area contributed by atoms with Crippen molar-refractivity contribution in [3.63, 3.8) is 0 Å². The maximum Gasteiger partial charge on any atom is 0.00966 e. The van der Waals surface area contributed by atoms with Crippen molar-refractivity contribution in [2.45, 2.75) is 70.9 Å². The fraction of sp³-hybridized carbons (Fsp3) is 1.00. The molecular weight excluding hydrogens is 208 g/mol. The van der Waals surface area contributed by atoms with E-state index < -0.39 is 0 Å². The lowest BCUT2D eigenvalue weighted by Crippen LogP contribution is -2.45. The summed E-state index contributed by atoms with van der Waals surface area (Å²) in [4.78, 5) is 2.76. The van der Waals surface area contributed by atoms with E-state index in [9.17, 15) is 0 Å². The highest BCUT2D eigenvalue weighted by Crippen LogP contribution is 2.27. The van der Waals surface area contributed by atoms with Gasteiger partial charge in [0.15, 0.2) is 0 Å². The molecule has 17 heavy (non-hydrogen) atoms. The summed E-state index contributed by atoms with van der Waals surface area (Å²) in [5, 5.41) is 3.66. The third-order valence-electron chi connectivity index (χ3n) is 4.41. The molecule has 2 nitrogen and oxygen atoms in total. The number of nitrogens with zero attached hydrogens (tertiary/aromatic N) is 1. The van der Waals surface area contributed by atoms with Gasteiger partial charge in [0.25, 0.3) is 0 Å². The Hall–Kier alpha value is -0.0800. The predicted octanol–water partition coefficient (Wildman–Crippen LogP) is 3.03. The quantitative estimate of drug-likeness (QED) is 0.813. The zero-order valence-corrected chi connectivity index (χ0v) is 12.0. The lowest BCUT2D eigenvalue weighted by molar-refractivity contribution is 0.130. The van der Waals surface area contributed by atoms with E-state index in [0.717, 1.165) is 12.0 Å². The zero-order chi connectivity index (χ0) is 12.3. The van der Waals surface area contributed by atoms with Gasteiger partial charge in [0.05, 0.1) is 0 Å². The molecule has 0 unspecified atom stereocenters. The van der Waals surface area contributed by atoms with Gasteiger partial charge in [-0.2, -0.15) is 0 Å². The van der Waals surface area contributed by atoms with Crippen LogP contribution >= 0.6 is 0 Å². The van der Waals surface area contributed by atoms with Crippen molar-refractivity contribution < 1.29 is 0 Å². The fourth-order valence-corrected chi connectivity index (χ4v) is 3.24. The van der Waals surface area contributed by atoms with Crippen molar-refractivity contribution >= 4 is 0 Å². The van der Waals surface area contributed by atoms with E-state index in [2.05, 4.69) is 31.0 Å². The van der Waals surface area contributed by atoms with Crippen LogP contribution in [-0.2, 0) is 0 Å². The Bertz CT molecular complexity index is 218. The van der Waals surface area contributed by atoms with E-state index in [1.54, 1.807) is 0 Å². The van der Waals surface area contributed by atoms with Gasteiger partial charge >= 0.3 is 0 Å². The smallest absolute Gasteiger partial charge is 0.00966 e. The Balaban J connectivity index is 1.67. The van der Waals surface area contributed by atoms with Gasteiger partial charge in [-0.25, -0.2) is 0 Å². The van der Waals surface area contributed by atoms with Crippen molar-refractivity contribution in [2.75, 3.05) is 19.6 Å². The summed E-state index contributed by atoms with van der Waals surface area (Å²) in [5.74, 6) is 0.909. The maximum atomic E-state index is 3.66. The highest BCUT2D eigenvalue weighted by atomic mass is 15.2. The van der Waals surface area contributed by atoms with E-state index in [1.165, 1.54) is 58.2 Å². The number of rotatable bonds is 3. The molecule has 1 heterocycles. The number of nitrogens with one attached hydrogen (secondary N) is 1. The molecule has 2 aliphatic rings. The van der Waals surface area contributed by atoms with Crippen molar-refractivity contribution in [1.29, 1.82) is 0 Å². The molecule has 1 saturated carbocycles. The fourth-order valence-electron chi connectivity index (χ4n) is 3.24. The average Bonchev–Trinajstić information content (AvgIpc) is 2.79. The lowest BCUT2D eigenvalue weighted by atomic mass is 9.94. The summed E-state index contributed by atoms with van der Waals surface area (Å²) >= 11 is 0. The van der Waals surface area contributed by atoms with Crippen LogP contribution < -0.4 is 5.32 Å². The largest absolute Gasteiger partial charge is 0.312 e. The minimum Gasteiger partial charge on any atom is -0.312 e. The molecule has 2 heteroatoms. The van der Waals surface area contributed by atoms with Crippen molar-refractivity contribution in [2.24, 2.45) is 5.92 Å². The second-order valence-corrected chi connectivity index (χ2v) is 7.05. The molecule has 0 spiro atoms. The van der Waals surface area contributed by atoms with E-state index in [4.69, 9.17) is 0 Å². The van der Waals surface area contributed by atoms with Crippen LogP contribution in [0.4, 0.5) is 0 Å². The summed E-state index contributed by atoms with van der Waals surface area (Å²) < 4.78 is 0. The molecule has 0 atom stereocenters. The summed E-state index contributed by atoms with van der Waals surface area (Å²) in [5.41, 5.74) is 0.280. The van der Waals surface area contributed by atoms with Gasteiger partial charge in [-0.3, -0.25) is 0 Å². The van der Waals surface area contributed by atoms with E-state index >= 15 is 0 Å². The van der Waals surface area contributed by atoms with Crippen LogP contribution in [0.25, 0.3) is 0 Å². The average molecular weight is 238 g/mol. The molecule has 0 aromatic rings. The van der Waals surface area contributed by atoms with Crippen molar-refractivity contribution in [1.82, 2.24) is 10.2 Å². The first-order chi connectivity index (χ1) is 8.04. The first-order valence-corrected chi connectivity index (χ1v) is 7.54. The minimum atomic E-state index is 0.280. The van der Waals surface area contributed by atoms with Gasteiger partial charge in [0, 0.05) is 11.6 Å². The van der Waals surface area contributed by atoms with Crippen LogP contribution in [0, 0.1) is 5.92 Å². The summed E-state index contributed by atoms with van der Waals surface area (Å²) in [7, 11) is 0. The van der Waals surface area contributed by atoms with Crippen LogP contribution in [0.1, 0.15) is 59.3 Å². The van der Waals surface area contributed by atoms with E-state index in [1.807, 2.05) is 0 Å².